The lowest BCUT2D eigenvalue weighted by Crippen LogP contribution is -2.28. The molecule has 1 aromatic heterocycles. The van der Waals surface area contributed by atoms with Crippen LogP contribution in [0.4, 0.5) is 5.69 Å². The van der Waals surface area contributed by atoms with Crippen molar-refractivity contribution in [1.29, 1.82) is 0 Å². The molecule has 1 unspecified atom stereocenters. The number of aliphatic hydroxyl groups excluding tert-OH is 1. The van der Waals surface area contributed by atoms with Crippen molar-refractivity contribution in [2.45, 2.75) is 79.2 Å². The number of carbonyl (C=O) groups excluding carboxylic acids is 1. The molecule has 0 bridgehead atoms. The molecule has 0 saturated heterocycles. The van der Waals surface area contributed by atoms with Crippen LogP contribution in [0.2, 0.25) is 0 Å². The summed E-state index contributed by atoms with van der Waals surface area (Å²) in [6.07, 6.45) is 14.9. The van der Waals surface area contributed by atoms with Crippen LogP contribution in [0.25, 0.3) is 0 Å². The molecule has 41 heavy (non-hydrogen) atoms. The number of nitrogens with zero attached hydrogens (tertiary/aromatic N) is 4. The number of likely N-dealkylation sites (N-methyl/N-ethyl adjacent to an activating group) is 1. The van der Waals surface area contributed by atoms with Crippen LogP contribution in [-0.4, -0.2) is 70.6 Å². The smallest absolute Gasteiger partial charge is 0.273 e. The molecule has 0 aliphatic heterocycles. The Morgan fingerprint density at radius 1 is 1.17 bits per heavy atom. The first-order chi connectivity index (χ1) is 19.7. The van der Waals surface area contributed by atoms with Crippen molar-refractivity contribution >= 4 is 11.6 Å². The second-order valence-corrected chi connectivity index (χ2v) is 9.60. The van der Waals surface area contributed by atoms with Gasteiger partial charge in [-0.05, 0) is 82.3 Å². The highest BCUT2D eigenvalue weighted by molar-refractivity contribution is 5.91. The van der Waals surface area contributed by atoms with Crippen LogP contribution in [-0.2, 0) is 6.42 Å². The quantitative estimate of drug-likeness (QED) is 0.211. The molecule has 1 aromatic carbocycles. The summed E-state index contributed by atoms with van der Waals surface area (Å²) in [5, 5.41) is 12.5. The van der Waals surface area contributed by atoms with Crippen molar-refractivity contribution in [3.05, 3.63) is 90.7 Å². The molecule has 7 nitrogen and oxygen atoms in total. The van der Waals surface area contributed by atoms with Gasteiger partial charge >= 0.3 is 0 Å². The van der Waals surface area contributed by atoms with Crippen LogP contribution in [0.15, 0.2) is 73.9 Å². The number of amides is 1. The standard InChI is InChI=1S/C17H21N.C8H11N3O.C7H17NO.C2H6/c1-4-6-8-16-15(14-11-12-14)9-7-10-17(16)18-13(3)5-2;1-3-11(2)8(12)7-6-9-4-5-10-7;1-4-7(9)6-8(3)5-2;1-2/h4-7,9-10,14,18H,2-3,8,11-12H2,1H3;4-6H,3H2,1-2H3;7,9H,4-6H2,1-3H3;1-2H3/b6-4-;;;. The SMILES string of the molecule is C=CC(=C)Nc1cccc(C2CC2)c1C/C=C\C.CC.CCC(O)CN(C)CC.CCN(C)C(=O)c1cnccn1. The van der Waals surface area contributed by atoms with Crippen molar-refractivity contribution in [3.8, 4) is 0 Å². The number of nitrogens with one attached hydrogen (secondary N) is 1. The van der Waals surface area contributed by atoms with Gasteiger partial charge in [-0.25, -0.2) is 4.98 Å². The maximum Gasteiger partial charge on any atom is 0.273 e. The maximum atomic E-state index is 11.4. The number of aliphatic hydroxyl groups is 1. The number of hydrogen-bond acceptors (Lipinski definition) is 6. The molecule has 0 spiro atoms. The molecule has 3 rings (SSSR count). The van der Waals surface area contributed by atoms with E-state index < -0.39 is 0 Å². The average Bonchev–Trinajstić information content (AvgIpc) is 3.87. The van der Waals surface area contributed by atoms with Gasteiger partial charge in [0.25, 0.3) is 5.91 Å². The van der Waals surface area contributed by atoms with Gasteiger partial charge < -0.3 is 20.2 Å². The largest absolute Gasteiger partial charge is 0.392 e. The van der Waals surface area contributed by atoms with E-state index in [0.717, 1.165) is 37.5 Å². The van der Waals surface area contributed by atoms with Gasteiger partial charge in [-0.2, -0.15) is 0 Å². The van der Waals surface area contributed by atoms with Crippen LogP contribution in [0.5, 0.6) is 0 Å². The normalized spacial score (nSPS) is 12.5. The number of allylic oxidation sites excluding steroid dienone is 3. The summed E-state index contributed by atoms with van der Waals surface area (Å²) in [5.41, 5.74) is 5.31. The Kier molecular flexibility index (Phi) is 20.6. The van der Waals surface area contributed by atoms with Gasteiger partial charge in [0.15, 0.2) is 0 Å². The second kappa shape index (κ2) is 22.4. The minimum Gasteiger partial charge on any atom is -0.392 e. The highest BCUT2D eigenvalue weighted by Gasteiger charge is 2.26. The lowest BCUT2D eigenvalue weighted by atomic mass is 9.98. The molecule has 7 heteroatoms. The number of aromatic nitrogens is 2. The fraction of sp³-hybridized carbons (Fsp3) is 0.500. The van der Waals surface area contributed by atoms with Crippen molar-refractivity contribution in [1.82, 2.24) is 19.8 Å². The molecule has 1 heterocycles. The molecule has 2 N–H and O–H groups in total. The Morgan fingerprint density at radius 2 is 1.85 bits per heavy atom. The lowest BCUT2D eigenvalue weighted by Gasteiger charge is -2.16. The molecule has 1 saturated carbocycles. The second-order valence-electron chi connectivity index (χ2n) is 9.60. The van der Waals surface area contributed by atoms with E-state index in [2.05, 4.69) is 77.5 Å². The first kappa shape index (κ1) is 37.7. The summed E-state index contributed by atoms with van der Waals surface area (Å²) in [6, 6.07) is 6.52. The molecule has 1 aliphatic rings. The summed E-state index contributed by atoms with van der Waals surface area (Å²) in [4.78, 5) is 22.8. The molecule has 1 amide bonds. The van der Waals surface area contributed by atoms with Gasteiger partial charge in [-0.3, -0.25) is 9.78 Å². The van der Waals surface area contributed by atoms with E-state index in [1.807, 2.05) is 34.7 Å². The van der Waals surface area contributed by atoms with Crippen molar-refractivity contribution in [2.75, 3.05) is 39.0 Å². The summed E-state index contributed by atoms with van der Waals surface area (Å²) in [6.45, 7) is 22.2. The predicted octanol–water partition coefficient (Wildman–Crippen LogP) is 7.10. The first-order valence-corrected chi connectivity index (χ1v) is 14.9. The first-order valence-electron chi connectivity index (χ1n) is 14.9. The third-order valence-corrected chi connectivity index (χ3v) is 6.47. The van der Waals surface area contributed by atoms with Crippen molar-refractivity contribution < 1.29 is 9.90 Å². The van der Waals surface area contributed by atoms with Crippen molar-refractivity contribution in [3.63, 3.8) is 0 Å². The number of carbonyl (C=O) groups is 1. The zero-order valence-corrected chi connectivity index (χ0v) is 26.9. The molecule has 0 radical (unpaired) electrons. The summed E-state index contributed by atoms with van der Waals surface area (Å²) < 4.78 is 0. The summed E-state index contributed by atoms with van der Waals surface area (Å²) >= 11 is 0. The van der Waals surface area contributed by atoms with E-state index in [0.29, 0.717) is 12.2 Å². The minimum absolute atomic E-state index is 0.0920. The van der Waals surface area contributed by atoms with Crippen molar-refractivity contribution in [2.24, 2.45) is 0 Å². The van der Waals surface area contributed by atoms with E-state index in [9.17, 15) is 4.79 Å². The van der Waals surface area contributed by atoms with Crippen LogP contribution < -0.4 is 5.32 Å². The van der Waals surface area contributed by atoms with E-state index in [-0.39, 0.29) is 12.0 Å². The Labute approximate surface area is 250 Å². The van der Waals surface area contributed by atoms with E-state index in [1.165, 1.54) is 42.0 Å². The lowest BCUT2D eigenvalue weighted by molar-refractivity contribution is 0.0796. The molecule has 1 fully saturated rings. The minimum atomic E-state index is -0.144. The highest BCUT2D eigenvalue weighted by Crippen LogP contribution is 2.43. The monoisotopic (exact) mass is 565 g/mol. The molecule has 1 aliphatic carbocycles. The average molecular weight is 566 g/mol. The zero-order chi connectivity index (χ0) is 31.2. The van der Waals surface area contributed by atoms with E-state index in [4.69, 9.17) is 5.11 Å². The van der Waals surface area contributed by atoms with Gasteiger partial charge in [-0.1, -0.05) is 65.1 Å². The fourth-order valence-corrected chi connectivity index (χ4v) is 3.55. The Morgan fingerprint density at radius 3 is 2.34 bits per heavy atom. The third kappa shape index (κ3) is 15.3. The fourth-order valence-electron chi connectivity index (χ4n) is 3.55. The van der Waals surface area contributed by atoms with Crippen LogP contribution in [0, 0.1) is 0 Å². The molecular formula is C34H55N5O2. The molecule has 228 valence electrons. The number of hydrogen-bond donors (Lipinski definition) is 2. The van der Waals surface area contributed by atoms with Crippen LogP contribution in [0.1, 0.15) is 88.3 Å². The molecular weight excluding hydrogens is 510 g/mol. The predicted molar refractivity (Wildman–Crippen MR) is 175 cm³/mol. The molecule has 1 atom stereocenters. The Balaban J connectivity index is 0.000000606. The van der Waals surface area contributed by atoms with Gasteiger partial charge in [0.05, 0.1) is 12.3 Å². The topological polar surface area (TPSA) is 81.6 Å². The highest BCUT2D eigenvalue weighted by atomic mass is 16.3. The van der Waals surface area contributed by atoms with Gasteiger partial charge in [0.1, 0.15) is 5.69 Å². The number of benzene rings is 1. The third-order valence-electron chi connectivity index (χ3n) is 6.47. The maximum absolute atomic E-state index is 11.4. The number of rotatable bonds is 12. The van der Waals surface area contributed by atoms with E-state index in [1.54, 1.807) is 24.2 Å². The van der Waals surface area contributed by atoms with Gasteiger partial charge in [0, 0.05) is 43.9 Å². The zero-order valence-electron chi connectivity index (χ0n) is 26.9. The van der Waals surface area contributed by atoms with Gasteiger partial charge in [0.2, 0.25) is 0 Å². The summed E-state index contributed by atoms with van der Waals surface area (Å²) in [7, 11) is 3.75. The van der Waals surface area contributed by atoms with Crippen LogP contribution in [0.3, 0.4) is 0 Å². The van der Waals surface area contributed by atoms with E-state index >= 15 is 0 Å². The molecule has 2 aromatic rings. The Bertz CT molecular complexity index is 1030. The Hall–Kier alpha value is -3.29. The van der Waals surface area contributed by atoms with Crippen LogP contribution >= 0.6 is 0 Å². The summed E-state index contributed by atoms with van der Waals surface area (Å²) in [5.74, 6) is 0.676. The van der Waals surface area contributed by atoms with Gasteiger partial charge in [-0.15, -0.1) is 0 Å². The number of anilines is 1.